The predicted molar refractivity (Wildman–Crippen MR) is 63.1 cm³/mol. The zero-order valence-corrected chi connectivity index (χ0v) is 9.69. The van der Waals surface area contributed by atoms with Crippen LogP contribution in [0.25, 0.3) is 0 Å². The zero-order valence-electron chi connectivity index (χ0n) is 8.94. The average Bonchev–Trinajstić information content (AvgIpc) is 2.18. The molecular weight excluding hydrogens is 194 g/mol. The van der Waals surface area contributed by atoms with Gasteiger partial charge in [-0.3, -0.25) is 0 Å². The number of aryl methyl sites for hydroxylation is 2. The Hall–Kier alpha value is -0.530. The van der Waals surface area contributed by atoms with Gasteiger partial charge >= 0.3 is 0 Å². The first-order valence-electron chi connectivity index (χ1n) is 5.13. The van der Waals surface area contributed by atoms with E-state index in [9.17, 15) is 0 Å². The van der Waals surface area contributed by atoms with Crippen molar-refractivity contribution < 1.29 is 0 Å². The van der Waals surface area contributed by atoms with Gasteiger partial charge in [0.25, 0.3) is 0 Å². The van der Waals surface area contributed by atoms with Crippen molar-refractivity contribution in [2.75, 3.05) is 13.6 Å². The fraction of sp³-hybridized carbons (Fsp3) is 0.500. The van der Waals surface area contributed by atoms with E-state index in [0.717, 1.165) is 23.6 Å². The van der Waals surface area contributed by atoms with E-state index in [1.807, 2.05) is 14.0 Å². The number of hydrogen-bond donors (Lipinski definition) is 1. The van der Waals surface area contributed by atoms with Crippen LogP contribution in [0.3, 0.4) is 0 Å². The normalized spacial score (nSPS) is 10.5. The number of hydrogen-bond acceptors (Lipinski definition) is 1. The smallest absolute Gasteiger partial charge is 0.0437 e. The molecule has 1 aromatic carbocycles. The summed E-state index contributed by atoms with van der Waals surface area (Å²) in [5.74, 6) is 0. The Morgan fingerprint density at radius 3 is 2.71 bits per heavy atom. The van der Waals surface area contributed by atoms with Gasteiger partial charge < -0.3 is 5.32 Å². The van der Waals surface area contributed by atoms with E-state index in [0.29, 0.717) is 0 Å². The first-order valence-corrected chi connectivity index (χ1v) is 5.51. The molecule has 0 atom stereocenters. The zero-order chi connectivity index (χ0) is 10.4. The highest BCUT2D eigenvalue weighted by Gasteiger charge is 1.97. The fourth-order valence-electron chi connectivity index (χ4n) is 1.42. The molecule has 0 aliphatic rings. The largest absolute Gasteiger partial charge is 0.320 e. The summed E-state index contributed by atoms with van der Waals surface area (Å²) in [7, 11) is 1.99. The Labute approximate surface area is 91.5 Å². The van der Waals surface area contributed by atoms with Gasteiger partial charge in [0.05, 0.1) is 0 Å². The maximum absolute atomic E-state index is 6.04. The second-order valence-electron chi connectivity index (χ2n) is 3.64. The first-order chi connectivity index (χ1) is 6.74. The molecule has 0 saturated carbocycles. The van der Waals surface area contributed by atoms with Crippen LogP contribution >= 0.6 is 11.6 Å². The minimum absolute atomic E-state index is 0.885. The molecule has 0 spiro atoms. The maximum Gasteiger partial charge on any atom is 0.0437 e. The van der Waals surface area contributed by atoms with Gasteiger partial charge in [-0.2, -0.15) is 0 Å². The van der Waals surface area contributed by atoms with Crippen LogP contribution in [0, 0.1) is 6.92 Å². The minimum Gasteiger partial charge on any atom is -0.320 e. The molecule has 0 amide bonds. The van der Waals surface area contributed by atoms with Crippen LogP contribution in [-0.2, 0) is 6.42 Å². The number of benzene rings is 1. The van der Waals surface area contributed by atoms with E-state index in [1.54, 1.807) is 0 Å². The first kappa shape index (κ1) is 11.5. The van der Waals surface area contributed by atoms with Crippen molar-refractivity contribution >= 4 is 11.6 Å². The van der Waals surface area contributed by atoms with Gasteiger partial charge in [-0.25, -0.2) is 0 Å². The molecule has 2 heteroatoms. The van der Waals surface area contributed by atoms with Crippen molar-refractivity contribution in [1.82, 2.24) is 5.32 Å². The van der Waals surface area contributed by atoms with Crippen LogP contribution < -0.4 is 5.32 Å². The second kappa shape index (κ2) is 6.05. The summed E-state index contributed by atoms with van der Waals surface area (Å²) in [6.45, 7) is 3.13. The van der Waals surface area contributed by atoms with Gasteiger partial charge in [0.15, 0.2) is 0 Å². The standard InChI is InChI=1S/C12H18ClN/c1-10-6-7-11(9-12(10)13)5-3-4-8-14-2/h6-7,9,14H,3-5,8H2,1-2H3. The summed E-state index contributed by atoms with van der Waals surface area (Å²) in [6, 6.07) is 6.34. The van der Waals surface area contributed by atoms with Crippen molar-refractivity contribution in [1.29, 1.82) is 0 Å². The number of unbranched alkanes of at least 4 members (excludes halogenated alkanes) is 1. The lowest BCUT2D eigenvalue weighted by Crippen LogP contribution is -2.07. The molecule has 0 bridgehead atoms. The Morgan fingerprint density at radius 1 is 1.29 bits per heavy atom. The summed E-state index contributed by atoms with van der Waals surface area (Å²) >= 11 is 6.04. The van der Waals surface area contributed by atoms with Gasteiger partial charge in [-0.15, -0.1) is 0 Å². The maximum atomic E-state index is 6.04. The van der Waals surface area contributed by atoms with Crippen molar-refractivity contribution in [2.45, 2.75) is 26.2 Å². The molecule has 78 valence electrons. The summed E-state index contributed by atoms with van der Waals surface area (Å²) in [6.07, 6.45) is 3.57. The molecule has 0 heterocycles. The van der Waals surface area contributed by atoms with E-state index in [1.165, 1.54) is 18.4 Å². The van der Waals surface area contributed by atoms with E-state index in [2.05, 4.69) is 23.5 Å². The number of rotatable bonds is 5. The topological polar surface area (TPSA) is 12.0 Å². The van der Waals surface area contributed by atoms with Crippen LogP contribution in [0.1, 0.15) is 24.0 Å². The van der Waals surface area contributed by atoms with E-state index < -0.39 is 0 Å². The van der Waals surface area contributed by atoms with Gasteiger partial charge in [0, 0.05) is 5.02 Å². The lowest BCUT2D eigenvalue weighted by atomic mass is 10.1. The van der Waals surface area contributed by atoms with Crippen LogP contribution in [0.4, 0.5) is 0 Å². The van der Waals surface area contributed by atoms with Crippen molar-refractivity contribution in [3.63, 3.8) is 0 Å². The molecule has 14 heavy (non-hydrogen) atoms. The van der Waals surface area contributed by atoms with E-state index >= 15 is 0 Å². The summed E-state index contributed by atoms with van der Waals surface area (Å²) in [5, 5.41) is 4.03. The Bertz CT molecular complexity index is 284. The third-order valence-corrected chi connectivity index (χ3v) is 2.79. The third kappa shape index (κ3) is 3.69. The molecule has 0 aliphatic heterocycles. The highest BCUT2D eigenvalue weighted by Crippen LogP contribution is 2.17. The third-order valence-electron chi connectivity index (χ3n) is 2.38. The highest BCUT2D eigenvalue weighted by atomic mass is 35.5. The number of nitrogens with one attached hydrogen (secondary N) is 1. The van der Waals surface area contributed by atoms with Crippen LogP contribution in [0.5, 0.6) is 0 Å². The molecule has 0 fully saturated rings. The molecular formula is C12H18ClN. The summed E-state index contributed by atoms with van der Waals surface area (Å²) in [5.41, 5.74) is 2.50. The van der Waals surface area contributed by atoms with Gasteiger partial charge in [-0.1, -0.05) is 23.7 Å². The lowest BCUT2D eigenvalue weighted by molar-refractivity contribution is 0.677. The minimum atomic E-state index is 0.885. The fourth-order valence-corrected chi connectivity index (χ4v) is 1.63. The van der Waals surface area contributed by atoms with Crippen molar-refractivity contribution in [3.8, 4) is 0 Å². The van der Waals surface area contributed by atoms with Gasteiger partial charge in [0.1, 0.15) is 0 Å². The molecule has 0 radical (unpaired) electrons. The molecule has 1 nitrogen and oxygen atoms in total. The van der Waals surface area contributed by atoms with Gasteiger partial charge in [0.2, 0.25) is 0 Å². The van der Waals surface area contributed by atoms with Crippen LogP contribution in [0.2, 0.25) is 5.02 Å². The average molecular weight is 212 g/mol. The highest BCUT2D eigenvalue weighted by molar-refractivity contribution is 6.31. The van der Waals surface area contributed by atoms with Gasteiger partial charge in [-0.05, 0) is 57.0 Å². The molecule has 1 N–H and O–H groups in total. The van der Waals surface area contributed by atoms with E-state index in [4.69, 9.17) is 11.6 Å². The molecule has 1 rings (SSSR count). The molecule has 0 saturated heterocycles. The Kier molecular flexibility index (Phi) is 4.99. The molecule has 0 aliphatic carbocycles. The number of halogens is 1. The van der Waals surface area contributed by atoms with E-state index in [-0.39, 0.29) is 0 Å². The van der Waals surface area contributed by atoms with Crippen LogP contribution in [-0.4, -0.2) is 13.6 Å². The predicted octanol–water partition coefficient (Wildman–Crippen LogP) is 3.19. The van der Waals surface area contributed by atoms with Crippen molar-refractivity contribution in [2.24, 2.45) is 0 Å². The van der Waals surface area contributed by atoms with Crippen LogP contribution in [0.15, 0.2) is 18.2 Å². The van der Waals surface area contributed by atoms with Crippen molar-refractivity contribution in [3.05, 3.63) is 34.3 Å². The SMILES string of the molecule is CNCCCCc1ccc(C)c(Cl)c1. The summed E-state index contributed by atoms with van der Waals surface area (Å²) < 4.78 is 0. The monoisotopic (exact) mass is 211 g/mol. The Balaban J connectivity index is 2.39. The second-order valence-corrected chi connectivity index (χ2v) is 4.05. The molecule has 0 aromatic heterocycles. The Morgan fingerprint density at radius 2 is 2.07 bits per heavy atom. The molecule has 0 unspecified atom stereocenters. The lowest BCUT2D eigenvalue weighted by Gasteiger charge is -2.04. The summed E-state index contributed by atoms with van der Waals surface area (Å²) in [4.78, 5) is 0. The quantitative estimate of drug-likeness (QED) is 0.738. The molecule has 1 aromatic rings.